The topological polar surface area (TPSA) is 312 Å². The number of aromatic nitrogens is 8. The molecule has 2 atom stereocenters. The number of carboxylic acids is 1. The minimum Gasteiger partial charge on any atom is -0.478 e. The lowest BCUT2D eigenvalue weighted by Gasteiger charge is -2.22. The van der Waals surface area contributed by atoms with Crippen LogP contribution in [-0.4, -0.2) is 102 Å². The number of benzene rings is 3. The molecule has 2 saturated heterocycles. The van der Waals surface area contributed by atoms with Gasteiger partial charge in [-0.05, 0) is 95.7 Å². The van der Waals surface area contributed by atoms with E-state index in [0.717, 1.165) is 103 Å². The summed E-state index contributed by atoms with van der Waals surface area (Å²) in [7, 11) is -4.02. The van der Waals surface area contributed by atoms with Crippen LogP contribution >= 0.6 is 0 Å². The van der Waals surface area contributed by atoms with Crippen LogP contribution in [0, 0.1) is 49.4 Å². The van der Waals surface area contributed by atoms with Gasteiger partial charge >= 0.3 is 5.97 Å². The number of carbonyl (C=O) groups excluding carboxylic acids is 1. The third kappa shape index (κ3) is 16.9. The molecule has 21 nitrogen and oxygen atoms in total. The van der Waals surface area contributed by atoms with Crippen molar-refractivity contribution >= 4 is 45.1 Å². The van der Waals surface area contributed by atoms with Gasteiger partial charge in [0.05, 0.1) is 81.8 Å². The number of hydrogen-bond donors (Lipinski definition) is 5. The van der Waals surface area contributed by atoms with Gasteiger partial charge in [-0.25, -0.2) is 24.7 Å². The second-order valence-electron chi connectivity index (χ2n) is 18.1. The molecule has 396 valence electrons. The first-order chi connectivity index (χ1) is 36.4. The summed E-state index contributed by atoms with van der Waals surface area (Å²) in [6.07, 6.45) is 15.1. The van der Waals surface area contributed by atoms with Gasteiger partial charge in [-0.1, -0.05) is 54.1 Å². The van der Waals surface area contributed by atoms with Crippen molar-refractivity contribution in [2.45, 2.75) is 89.7 Å². The van der Waals surface area contributed by atoms with Crippen LogP contribution in [0.5, 0.6) is 0 Å². The summed E-state index contributed by atoms with van der Waals surface area (Å²) in [5.41, 5.74) is 13.5. The second kappa shape index (κ2) is 27.3. The lowest BCUT2D eigenvalue weighted by Crippen LogP contribution is -2.19. The number of hydrogen-bond acceptors (Lipinski definition) is 17. The van der Waals surface area contributed by atoms with E-state index in [9.17, 15) is 18.0 Å². The molecule has 0 spiro atoms. The summed E-state index contributed by atoms with van der Waals surface area (Å²) in [6.45, 7) is 12.2. The molecule has 0 unspecified atom stereocenters. The van der Waals surface area contributed by atoms with Crippen LogP contribution in [0.15, 0.2) is 115 Å². The summed E-state index contributed by atoms with van der Waals surface area (Å²) in [5.74, 6) is -0.325. The highest BCUT2D eigenvalue weighted by Crippen LogP contribution is 2.28. The molecular weight excluding hydrogens is 991 g/mol. The van der Waals surface area contributed by atoms with Crippen LogP contribution in [0.3, 0.4) is 0 Å². The number of carbonyl (C=O) groups is 2. The molecule has 0 aliphatic carbocycles. The fourth-order valence-corrected chi connectivity index (χ4v) is 8.17. The molecule has 0 radical (unpaired) electrons. The zero-order valence-corrected chi connectivity index (χ0v) is 43.7. The van der Waals surface area contributed by atoms with E-state index in [0.29, 0.717) is 29.5 Å². The summed E-state index contributed by atoms with van der Waals surface area (Å²) < 4.78 is 44.3. The van der Waals surface area contributed by atoms with E-state index in [2.05, 4.69) is 46.8 Å². The molecule has 0 bridgehead atoms. The molecule has 22 heteroatoms. The van der Waals surface area contributed by atoms with Gasteiger partial charge in [-0.2, -0.15) is 29.1 Å². The van der Waals surface area contributed by atoms with Crippen molar-refractivity contribution < 1.29 is 37.1 Å². The van der Waals surface area contributed by atoms with E-state index in [-0.39, 0.29) is 34.6 Å². The highest BCUT2D eigenvalue weighted by molar-refractivity contribution is 7.85. The number of carboxylic acid groups (broad SMARTS) is 1. The Bertz CT molecular complexity index is 3230. The van der Waals surface area contributed by atoms with E-state index >= 15 is 0 Å². The van der Waals surface area contributed by atoms with E-state index in [4.69, 9.17) is 35.4 Å². The molecule has 6 N–H and O–H groups in total. The molecule has 0 amide bonds. The van der Waals surface area contributed by atoms with Gasteiger partial charge in [0, 0.05) is 74.3 Å². The van der Waals surface area contributed by atoms with Gasteiger partial charge in [-0.15, -0.1) is 0 Å². The molecule has 6 heterocycles. The maximum Gasteiger partial charge on any atom is 0.335 e. The summed E-state index contributed by atoms with van der Waals surface area (Å²) in [4.78, 5) is 41.3. The van der Waals surface area contributed by atoms with Crippen molar-refractivity contribution in [3.8, 4) is 34.7 Å². The average molecular weight is 1050 g/mol. The predicted octanol–water partition coefficient (Wildman–Crippen LogP) is 9.02. The predicted molar refractivity (Wildman–Crippen MR) is 285 cm³/mol. The van der Waals surface area contributed by atoms with Crippen LogP contribution in [0.25, 0.3) is 22.5 Å². The third-order valence-corrected chi connectivity index (χ3v) is 12.8. The molecule has 76 heavy (non-hydrogen) atoms. The standard InChI is InChI=1S/C24H26N6O2.C20H21N5O3.C7H8O3S.C3H6N2/c1-16(12-25)11-22(31)18-3-5-19(6-4-18)23-17(2)13-26-24(29-23)28-20-14-27-30(15-20)21-7-9-32-10-8-21;1-13-10-21-20(24-18(13)14-2-4-15(5-3-14)19(26)27)23-16-11-22-25(12-16)17-6-8-28-9-7-17;1-6-2-4-7(5-3-6)11(8,9)10;1-3(5)2-4/h3-6,13-16,21H,7-11H2,1-2H3,(H,26,28,29);2-5,10-12,17H,6-9H2,1H3,(H,26,27)(H,21,23,24);2-5H,1H3,(H,8,9,10);3H,5H2,1H3/t16-;;;3-/m0..1/s1. The number of aryl methyl sites for hydroxylation is 3. The molecule has 7 aromatic rings. The minimum absolute atomic E-state index is 0.0334. The SMILES string of the molecule is C[C@@H](N)C#N.Cc1ccc(S(=O)(=O)O)cc1.Cc1cnc(Nc2cnn(C3CCOCC3)c2)nc1-c1ccc(C(=O)C[C@H](C)C#N)cc1.Cc1cnc(Nc2cnn(C3CCOCC3)c2)nc1-c1ccc(C(=O)O)cc1. The molecule has 2 aliphatic heterocycles. The molecule has 0 saturated carbocycles. The maximum atomic E-state index is 12.3. The van der Waals surface area contributed by atoms with E-state index in [1.807, 2.05) is 54.7 Å². The minimum atomic E-state index is -4.02. The van der Waals surface area contributed by atoms with Crippen LogP contribution in [0.1, 0.15) is 95.4 Å². The number of nitriles is 2. The highest BCUT2D eigenvalue weighted by atomic mass is 32.2. The first-order valence-corrected chi connectivity index (χ1v) is 25.9. The first kappa shape index (κ1) is 57.0. The Morgan fingerprint density at radius 3 is 1.50 bits per heavy atom. The zero-order chi connectivity index (χ0) is 54.8. The van der Waals surface area contributed by atoms with Crippen molar-refractivity contribution in [2.75, 3.05) is 37.1 Å². The Hall–Kier alpha value is -8.25. The summed E-state index contributed by atoms with van der Waals surface area (Å²) in [6, 6.07) is 24.3. The fourth-order valence-electron chi connectivity index (χ4n) is 7.69. The highest BCUT2D eigenvalue weighted by Gasteiger charge is 2.19. The van der Waals surface area contributed by atoms with Gasteiger partial charge in [0.1, 0.15) is 0 Å². The smallest absolute Gasteiger partial charge is 0.335 e. The Labute approximate surface area is 441 Å². The number of ether oxygens (including phenoxy) is 2. The van der Waals surface area contributed by atoms with Gasteiger partial charge in [-0.3, -0.25) is 18.7 Å². The van der Waals surface area contributed by atoms with Gasteiger partial charge in [0.25, 0.3) is 10.1 Å². The van der Waals surface area contributed by atoms with Crippen molar-refractivity contribution in [2.24, 2.45) is 11.7 Å². The number of nitrogens with one attached hydrogen (secondary N) is 2. The van der Waals surface area contributed by atoms with E-state index < -0.39 is 16.1 Å². The van der Waals surface area contributed by atoms with Crippen molar-refractivity contribution in [3.05, 3.63) is 138 Å². The Kier molecular flexibility index (Phi) is 20.5. The normalized spacial score (nSPS) is 14.3. The number of ketones is 1. The number of rotatable bonds is 13. The summed E-state index contributed by atoms with van der Waals surface area (Å²) in [5, 5.41) is 41.1. The summed E-state index contributed by atoms with van der Waals surface area (Å²) >= 11 is 0. The maximum absolute atomic E-state index is 12.3. The number of anilines is 4. The van der Waals surface area contributed by atoms with Crippen LogP contribution in [0.4, 0.5) is 23.3 Å². The monoisotopic (exact) mass is 1050 g/mol. The Balaban J connectivity index is 0.000000193. The van der Waals surface area contributed by atoms with Crippen LogP contribution in [-0.2, 0) is 19.6 Å². The second-order valence-corrected chi connectivity index (χ2v) is 19.6. The number of nitrogens with two attached hydrogens (primary N) is 1. The van der Waals surface area contributed by atoms with E-state index in [1.54, 1.807) is 93.2 Å². The lowest BCUT2D eigenvalue weighted by molar-refractivity contribution is 0.0661. The van der Waals surface area contributed by atoms with E-state index in [1.165, 1.54) is 12.1 Å². The lowest BCUT2D eigenvalue weighted by atomic mass is 9.99. The van der Waals surface area contributed by atoms with Gasteiger partial charge in [0.15, 0.2) is 5.78 Å². The largest absolute Gasteiger partial charge is 0.478 e. The fraction of sp³-hybridized carbons (Fsp3) is 0.333. The van der Waals surface area contributed by atoms with Crippen molar-refractivity contribution in [3.63, 3.8) is 0 Å². The third-order valence-electron chi connectivity index (χ3n) is 11.9. The zero-order valence-electron chi connectivity index (χ0n) is 42.9. The Morgan fingerprint density at radius 2 is 1.12 bits per heavy atom. The average Bonchev–Trinajstić information content (AvgIpc) is 4.11. The number of aromatic carboxylic acids is 1. The molecule has 2 fully saturated rings. The molecule has 9 rings (SSSR count). The molecule has 2 aliphatic rings. The molecule has 3 aromatic carbocycles. The molecule has 4 aromatic heterocycles. The van der Waals surface area contributed by atoms with Crippen molar-refractivity contribution in [1.82, 2.24) is 39.5 Å². The first-order valence-electron chi connectivity index (χ1n) is 24.4. The van der Waals surface area contributed by atoms with Crippen molar-refractivity contribution in [1.29, 1.82) is 10.5 Å². The van der Waals surface area contributed by atoms with Gasteiger partial charge in [0.2, 0.25) is 11.9 Å². The number of nitrogens with zero attached hydrogens (tertiary/aromatic N) is 10. The molecular formula is C54H61N13O8S. The van der Waals surface area contributed by atoms with Gasteiger partial charge < -0.3 is 30.9 Å². The Morgan fingerprint density at radius 1 is 0.697 bits per heavy atom. The number of Topliss-reactive ketones (excluding diaryl/α,β-unsaturated/α-hetero) is 1. The van der Waals surface area contributed by atoms with Crippen LogP contribution < -0.4 is 16.4 Å². The van der Waals surface area contributed by atoms with Crippen LogP contribution in [0.2, 0.25) is 0 Å². The quantitative estimate of drug-likeness (QED) is 0.0531.